The Hall–Kier alpha value is -3.31. The van der Waals surface area contributed by atoms with Crippen LogP contribution in [0.4, 0.5) is 5.69 Å². The van der Waals surface area contributed by atoms with Crippen molar-refractivity contribution in [2.24, 2.45) is 7.05 Å². The quantitative estimate of drug-likeness (QED) is 0.717. The molecule has 144 valence electrons. The summed E-state index contributed by atoms with van der Waals surface area (Å²) in [5, 5.41) is 8.88. The second-order valence-electron chi connectivity index (χ2n) is 6.63. The summed E-state index contributed by atoms with van der Waals surface area (Å²) >= 11 is 0. The summed E-state index contributed by atoms with van der Waals surface area (Å²) in [7, 11) is -2.26. The molecule has 1 heterocycles. The summed E-state index contributed by atoms with van der Waals surface area (Å²) in [6.07, 6.45) is 0. The zero-order valence-corrected chi connectivity index (χ0v) is 16.6. The van der Waals surface area contributed by atoms with Gasteiger partial charge in [-0.25, -0.2) is 13.1 Å². The van der Waals surface area contributed by atoms with Crippen molar-refractivity contribution in [2.45, 2.75) is 24.7 Å². The maximum atomic E-state index is 13.1. The van der Waals surface area contributed by atoms with Gasteiger partial charge in [0.25, 0.3) is 15.6 Å². The highest BCUT2D eigenvalue weighted by Gasteiger charge is 2.25. The number of hydrogen-bond acceptors (Lipinski definition) is 4. The van der Waals surface area contributed by atoms with Gasteiger partial charge in [-0.05, 0) is 42.3 Å². The van der Waals surface area contributed by atoms with Gasteiger partial charge in [0.1, 0.15) is 5.69 Å². The van der Waals surface area contributed by atoms with Gasteiger partial charge in [-0.15, -0.1) is 0 Å². The van der Waals surface area contributed by atoms with Crippen molar-refractivity contribution in [1.29, 1.82) is 5.26 Å². The standard InChI is InChI=1S/C20H20N4O3S/c1-14(2)19-18(20(25)24(23(19)3)16-7-5-4-6-8-16)22-28(26,27)17-11-9-15(13-21)10-12-17/h4-12,14,22H,1-3H3. The molecule has 0 atom stereocenters. The Labute approximate surface area is 163 Å². The Morgan fingerprint density at radius 1 is 1.04 bits per heavy atom. The van der Waals surface area contributed by atoms with E-state index in [1.807, 2.05) is 38.1 Å². The molecule has 3 aromatic rings. The predicted octanol–water partition coefficient (Wildman–Crippen LogP) is 2.97. The second kappa shape index (κ2) is 7.37. The first kappa shape index (κ1) is 19.5. The first-order chi connectivity index (χ1) is 13.3. The summed E-state index contributed by atoms with van der Waals surface area (Å²) in [6.45, 7) is 3.78. The fourth-order valence-corrected chi connectivity index (χ4v) is 4.21. The highest BCUT2D eigenvalue weighted by molar-refractivity contribution is 7.92. The van der Waals surface area contributed by atoms with Crippen molar-refractivity contribution < 1.29 is 8.42 Å². The van der Waals surface area contributed by atoms with Crippen LogP contribution < -0.4 is 10.3 Å². The molecule has 0 spiro atoms. The van der Waals surface area contributed by atoms with Gasteiger partial charge in [0.2, 0.25) is 0 Å². The van der Waals surface area contributed by atoms with Crippen molar-refractivity contribution in [3.05, 3.63) is 76.2 Å². The Balaban J connectivity index is 2.14. The molecule has 2 aromatic carbocycles. The second-order valence-corrected chi connectivity index (χ2v) is 8.32. The van der Waals surface area contributed by atoms with E-state index >= 15 is 0 Å². The van der Waals surface area contributed by atoms with Gasteiger partial charge in [-0.3, -0.25) is 14.2 Å². The minimum atomic E-state index is -3.99. The van der Waals surface area contributed by atoms with E-state index in [9.17, 15) is 13.2 Å². The van der Waals surface area contributed by atoms with E-state index in [1.54, 1.807) is 23.9 Å². The lowest BCUT2D eigenvalue weighted by molar-refractivity contribution is 0.594. The number of hydrogen-bond donors (Lipinski definition) is 1. The number of rotatable bonds is 5. The first-order valence-electron chi connectivity index (χ1n) is 8.66. The summed E-state index contributed by atoms with van der Waals surface area (Å²) in [5.41, 5.74) is 1.14. The normalized spacial score (nSPS) is 11.4. The Morgan fingerprint density at radius 3 is 2.18 bits per heavy atom. The number of nitriles is 1. The third-order valence-electron chi connectivity index (χ3n) is 4.39. The van der Waals surface area contributed by atoms with Gasteiger partial charge < -0.3 is 0 Å². The summed E-state index contributed by atoms with van der Waals surface area (Å²) < 4.78 is 31.2. The summed E-state index contributed by atoms with van der Waals surface area (Å²) in [5.74, 6) is -0.0960. The molecular formula is C20H20N4O3S. The summed E-state index contributed by atoms with van der Waals surface area (Å²) in [4.78, 5) is 13.1. The van der Waals surface area contributed by atoms with Gasteiger partial charge >= 0.3 is 0 Å². The largest absolute Gasteiger partial charge is 0.296 e. The molecule has 1 aromatic heterocycles. The van der Waals surface area contributed by atoms with Crippen LogP contribution in [0.25, 0.3) is 5.69 Å². The molecule has 3 rings (SSSR count). The van der Waals surface area contributed by atoms with Crippen LogP contribution in [0.1, 0.15) is 31.0 Å². The van der Waals surface area contributed by atoms with E-state index in [0.717, 1.165) is 0 Å². The highest BCUT2D eigenvalue weighted by atomic mass is 32.2. The number of aromatic nitrogens is 2. The van der Waals surface area contributed by atoms with Crippen LogP contribution in [0.15, 0.2) is 64.3 Å². The number of sulfonamides is 1. The lowest BCUT2D eigenvalue weighted by Gasteiger charge is -2.13. The number of nitrogens with zero attached hydrogens (tertiary/aromatic N) is 3. The van der Waals surface area contributed by atoms with Crippen LogP contribution in [0, 0.1) is 11.3 Å². The van der Waals surface area contributed by atoms with Crippen molar-refractivity contribution in [3.63, 3.8) is 0 Å². The molecular weight excluding hydrogens is 376 g/mol. The van der Waals surface area contributed by atoms with Crippen molar-refractivity contribution in [3.8, 4) is 11.8 Å². The van der Waals surface area contributed by atoms with E-state index in [-0.39, 0.29) is 16.5 Å². The minimum absolute atomic E-state index is 0.0179. The maximum absolute atomic E-state index is 13.1. The molecule has 0 amide bonds. The van der Waals surface area contributed by atoms with Gasteiger partial charge in [0, 0.05) is 7.05 Å². The molecule has 0 radical (unpaired) electrons. The monoisotopic (exact) mass is 396 g/mol. The van der Waals surface area contributed by atoms with Crippen molar-refractivity contribution in [1.82, 2.24) is 9.36 Å². The number of nitrogens with one attached hydrogen (secondary N) is 1. The topological polar surface area (TPSA) is 96.9 Å². The molecule has 0 saturated heterocycles. The van der Waals surface area contributed by atoms with Crippen LogP contribution in [0.2, 0.25) is 0 Å². The Kier molecular flexibility index (Phi) is 5.12. The smallest absolute Gasteiger partial charge is 0.283 e. The molecule has 28 heavy (non-hydrogen) atoms. The van der Waals surface area contributed by atoms with Gasteiger partial charge in [0.15, 0.2) is 0 Å². The molecule has 0 bridgehead atoms. The third-order valence-corrected chi connectivity index (χ3v) is 5.75. The highest BCUT2D eigenvalue weighted by Crippen LogP contribution is 2.25. The number of para-hydroxylation sites is 1. The lowest BCUT2D eigenvalue weighted by atomic mass is 10.1. The number of benzene rings is 2. The van der Waals surface area contributed by atoms with Gasteiger partial charge in [0.05, 0.1) is 27.9 Å². The molecule has 0 saturated carbocycles. The average molecular weight is 396 g/mol. The van der Waals surface area contributed by atoms with E-state index in [1.165, 1.54) is 28.9 Å². The van der Waals surface area contributed by atoms with Crippen LogP contribution in [0.3, 0.4) is 0 Å². The molecule has 0 fully saturated rings. The van der Waals surface area contributed by atoms with Crippen LogP contribution in [-0.4, -0.2) is 17.8 Å². The lowest BCUT2D eigenvalue weighted by Crippen LogP contribution is -2.23. The molecule has 7 nitrogen and oxygen atoms in total. The fraction of sp³-hybridized carbons (Fsp3) is 0.200. The Morgan fingerprint density at radius 2 is 1.64 bits per heavy atom. The Bertz CT molecular complexity index is 1200. The van der Waals surface area contributed by atoms with Crippen LogP contribution in [-0.2, 0) is 17.1 Å². The molecule has 0 aliphatic heterocycles. The van der Waals surface area contributed by atoms with Crippen molar-refractivity contribution in [2.75, 3.05) is 4.72 Å². The third kappa shape index (κ3) is 3.44. The molecule has 1 N–H and O–H groups in total. The maximum Gasteiger partial charge on any atom is 0.296 e. The first-order valence-corrected chi connectivity index (χ1v) is 10.1. The minimum Gasteiger partial charge on any atom is -0.283 e. The average Bonchev–Trinajstić information content (AvgIpc) is 2.92. The molecule has 0 unspecified atom stereocenters. The zero-order valence-electron chi connectivity index (χ0n) is 15.7. The van der Waals surface area contributed by atoms with Crippen molar-refractivity contribution >= 4 is 15.7 Å². The predicted molar refractivity (Wildman–Crippen MR) is 107 cm³/mol. The van der Waals surface area contributed by atoms with E-state index < -0.39 is 15.6 Å². The van der Waals surface area contributed by atoms with Gasteiger partial charge in [-0.1, -0.05) is 32.0 Å². The van der Waals surface area contributed by atoms with Crippen LogP contribution >= 0.6 is 0 Å². The van der Waals surface area contributed by atoms with Crippen LogP contribution in [0.5, 0.6) is 0 Å². The number of anilines is 1. The van der Waals surface area contributed by atoms with Gasteiger partial charge in [-0.2, -0.15) is 5.26 Å². The summed E-state index contributed by atoms with van der Waals surface area (Å²) in [6, 6.07) is 16.5. The fourth-order valence-electron chi connectivity index (χ4n) is 3.14. The van der Waals surface area contributed by atoms with E-state index in [2.05, 4.69) is 4.72 Å². The SMILES string of the molecule is CC(C)c1c(NS(=O)(=O)c2ccc(C#N)cc2)c(=O)n(-c2ccccc2)n1C. The molecule has 0 aliphatic carbocycles. The molecule has 8 heteroatoms. The zero-order chi connectivity index (χ0) is 20.5. The van der Waals surface area contributed by atoms with E-state index in [0.29, 0.717) is 16.9 Å². The van der Waals surface area contributed by atoms with E-state index in [4.69, 9.17) is 5.26 Å². The molecule has 0 aliphatic rings.